The van der Waals surface area contributed by atoms with E-state index < -0.39 is 0 Å². The molecule has 1 fully saturated rings. The van der Waals surface area contributed by atoms with Crippen LogP contribution in [0.25, 0.3) is 0 Å². The van der Waals surface area contributed by atoms with Crippen molar-refractivity contribution in [2.75, 3.05) is 0 Å². The van der Waals surface area contributed by atoms with Crippen molar-refractivity contribution in [3.8, 4) is 0 Å². The highest BCUT2D eigenvalue weighted by molar-refractivity contribution is 4.86. The average molecular weight is 218 g/mol. The van der Waals surface area contributed by atoms with E-state index in [0.29, 0.717) is 12.1 Å². The second kappa shape index (κ2) is 4.03. The lowest BCUT2D eigenvalue weighted by atomic mass is 9.90. The van der Waals surface area contributed by atoms with Gasteiger partial charge in [0.25, 0.3) is 0 Å². The smallest absolute Gasteiger partial charge is 0.0761 e. The number of hydrogen-bond acceptors (Lipinski definition) is 4. The summed E-state index contributed by atoms with van der Waals surface area (Å²) >= 11 is 0. The fourth-order valence-electron chi connectivity index (χ4n) is 2.50. The standard InChI is InChI=1S/C10H14N6/c1-2-4-10(16-8-6-12-14-16)9(3-1)15-7-5-11-13-15/h5-10H,1-4H2. The van der Waals surface area contributed by atoms with E-state index >= 15 is 0 Å². The van der Waals surface area contributed by atoms with Crippen LogP contribution in [0.15, 0.2) is 24.8 Å². The summed E-state index contributed by atoms with van der Waals surface area (Å²) < 4.78 is 3.90. The number of nitrogens with zero attached hydrogens (tertiary/aromatic N) is 6. The Hall–Kier alpha value is -1.72. The van der Waals surface area contributed by atoms with E-state index in [4.69, 9.17) is 0 Å². The van der Waals surface area contributed by atoms with Crippen LogP contribution < -0.4 is 0 Å². The van der Waals surface area contributed by atoms with Crippen molar-refractivity contribution in [3.63, 3.8) is 0 Å². The molecule has 1 aliphatic carbocycles. The molecule has 0 radical (unpaired) electrons. The molecule has 84 valence electrons. The van der Waals surface area contributed by atoms with Crippen LogP contribution in [0.3, 0.4) is 0 Å². The zero-order valence-corrected chi connectivity index (χ0v) is 8.98. The van der Waals surface area contributed by atoms with Gasteiger partial charge in [-0.25, -0.2) is 9.36 Å². The third-order valence-corrected chi connectivity index (χ3v) is 3.26. The number of hydrogen-bond donors (Lipinski definition) is 0. The molecule has 0 N–H and O–H groups in total. The SMILES string of the molecule is c1cn(C2CCCCC2n2ccnn2)nn1. The highest BCUT2D eigenvalue weighted by atomic mass is 15.5. The maximum atomic E-state index is 4.11. The van der Waals surface area contributed by atoms with E-state index in [1.54, 1.807) is 12.4 Å². The first-order valence-electron chi connectivity index (χ1n) is 5.67. The highest BCUT2D eigenvalue weighted by Gasteiger charge is 2.28. The Morgan fingerprint density at radius 3 is 1.69 bits per heavy atom. The molecular formula is C10H14N6. The second-order valence-electron chi connectivity index (χ2n) is 4.19. The molecule has 0 saturated heterocycles. The molecule has 0 aliphatic heterocycles. The van der Waals surface area contributed by atoms with Gasteiger partial charge in [-0.1, -0.05) is 23.3 Å². The van der Waals surface area contributed by atoms with Gasteiger partial charge in [-0.3, -0.25) is 0 Å². The van der Waals surface area contributed by atoms with Gasteiger partial charge in [0.15, 0.2) is 0 Å². The third kappa shape index (κ3) is 1.60. The van der Waals surface area contributed by atoms with Crippen LogP contribution in [0.1, 0.15) is 37.8 Å². The summed E-state index contributed by atoms with van der Waals surface area (Å²) in [4.78, 5) is 0. The zero-order valence-electron chi connectivity index (χ0n) is 8.98. The molecule has 2 aromatic heterocycles. The van der Waals surface area contributed by atoms with Gasteiger partial charge in [0.1, 0.15) is 0 Å². The van der Waals surface area contributed by atoms with Crippen molar-refractivity contribution >= 4 is 0 Å². The molecule has 0 spiro atoms. The van der Waals surface area contributed by atoms with E-state index in [1.807, 2.05) is 21.8 Å². The minimum Gasteiger partial charge on any atom is -0.247 e. The average Bonchev–Trinajstić information content (AvgIpc) is 3.03. The van der Waals surface area contributed by atoms with Crippen molar-refractivity contribution in [2.24, 2.45) is 0 Å². The quantitative estimate of drug-likeness (QED) is 0.760. The molecule has 6 nitrogen and oxygen atoms in total. The predicted octanol–water partition coefficient (Wildman–Crippen LogP) is 1.23. The molecule has 2 atom stereocenters. The first-order valence-corrected chi connectivity index (χ1v) is 5.67. The maximum absolute atomic E-state index is 4.11. The van der Waals surface area contributed by atoms with Crippen LogP contribution >= 0.6 is 0 Å². The van der Waals surface area contributed by atoms with E-state index in [0.717, 1.165) is 12.8 Å². The molecule has 1 aliphatic rings. The van der Waals surface area contributed by atoms with Crippen molar-refractivity contribution in [3.05, 3.63) is 24.8 Å². The summed E-state index contributed by atoms with van der Waals surface area (Å²) in [6.07, 6.45) is 12.1. The zero-order chi connectivity index (χ0) is 10.8. The largest absolute Gasteiger partial charge is 0.247 e. The van der Waals surface area contributed by atoms with Crippen molar-refractivity contribution in [2.45, 2.75) is 37.8 Å². The summed E-state index contributed by atoms with van der Waals surface area (Å²) in [5, 5.41) is 16.0. The molecule has 6 heteroatoms. The van der Waals surface area contributed by atoms with Gasteiger partial charge in [-0.2, -0.15) is 0 Å². The van der Waals surface area contributed by atoms with E-state index in [9.17, 15) is 0 Å². The Balaban J connectivity index is 1.90. The Labute approximate surface area is 93.3 Å². The van der Waals surface area contributed by atoms with Crippen LogP contribution in [0.5, 0.6) is 0 Å². The molecule has 0 aromatic carbocycles. The lowest BCUT2D eigenvalue weighted by Gasteiger charge is -2.30. The van der Waals surface area contributed by atoms with Crippen LogP contribution in [-0.2, 0) is 0 Å². The third-order valence-electron chi connectivity index (χ3n) is 3.26. The molecule has 2 heterocycles. The second-order valence-corrected chi connectivity index (χ2v) is 4.19. The minimum atomic E-state index is 0.359. The molecule has 16 heavy (non-hydrogen) atoms. The Kier molecular flexibility index (Phi) is 2.40. The lowest BCUT2D eigenvalue weighted by Crippen LogP contribution is -2.27. The Morgan fingerprint density at radius 1 is 0.812 bits per heavy atom. The van der Waals surface area contributed by atoms with Crippen LogP contribution in [0, 0.1) is 0 Å². The lowest BCUT2D eigenvalue weighted by molar-refractivity contribution is 0.206. The fraction of sp³-hybridized carbons (Fsp3) is 0.600. The van der Waals surface area contributed by atoms with Crippen molar-refractivity contribution < 1.29 is 0 Å². The first kappa shape index (κ1) is 9.50. The van der Waals surface area contributed by atoms with Gasteiger partial charge in [-0.05, 0) is 12.8 Å². The monoisotopic (exact) mass is 218 g/mol. The predicted molar refractivity (Wildman–Crippen MR) is 56.6 cm³/mol. The Morgan fingerprint density at radius 2 is 1.31 bits per heavy atom. The van der Waals surface area contributed by atoms with Gasteiger partial charge in [0.05, 0.1) is 24.5 Å². The first-order chi connectivity index (χ1) is 7.95. The van der Waals surface area contributed by atoms with E-state index in [2.05, 4.69) is 20.6 Å². The summed E-state index contributed by atoms with van der Waals surface area (Å²) in [7, 11) is 0. The molecule has 0 bridgehead atoms. The van der Waals surface area contributed by atoms with E-state index in [-0.39, 0.29) is 0 Å². The van der Waals surface area contributed by atoms with Gasteiger partial charge in [-0.15, -0.1) is 10.2 Å². The normalized spacial score (nSPS) is 25.8. The summed E-state index contributed by atoms with van der Waals surface area (Å²) in [6, 6.07) is 0.718. The summed E-state index contributed by atoms with van der Waals surface area (Å²) in [6.45, 7) is 0. The van der Waals surface area contributed by atoms with Gasteiger partial charge < -0.3 is 0 Å². The molecule has 2 unspecified atom stereocenters. The van der Waals surface area contributed by atoms with E-state index in [1.165, 1.54) is 12.8 Å². The number of rotatable bonds is 2. The highest BCUT2D eigenvalue weighted by Crippen LogP contribution is 2.36. The molecule has 2 aromatic rings. The topological polar surface area (TPSA) is 61.4 Å². The maximum Gasteiger partial charge on any atom is 0.0761 e. The summed E-state index contributed by atoms with van der Waals surface area (Å²) in [5.41, 5.74) is 0. The summed E-state index contributed by atoms with van der Waals surface area (Å²) in [5.74, 6) is 0. The molecule has 3 rings (SSSR count). The fourth-order valence-corrected chi connectivity index (χ4v) is 2.50. The van der Waals surface area contributed by atoms with Crippen molar-refractivity contribution in [1.29, 1.82) is 0 Å². The minimum absolute atomic E-state index is 0.359. The van der Waals surface area contributed by atoms with Crippen LogP contribution in [0.4, 0.5) is 0 Å². The van der Waals surface area contributed by atoms with Gasteiger partial charge in [0.2, 0.25) is 0 Å². The van der Waals surface area contributed by atoms with Gasteiger partial charge in [0, 0.05) is 12.4 Å². The molecule has 0 amide bonds. The van der Waals surface area contributed by atoms with Crippen LogP contribution in [0.2, 0.25) is 0 Å². The molecular weight excluding hydrogens is 204 g/mol. The van der Waals surface area contributed by atoms with Gasteiger partial charge >= 0.3 is 0 Å². The van der Waals surface area contributed by atoms with Crippen LogP contribution in [-0.4, -0.2) is 30.0 Å². The van der Waals surface area contributed by atoms with Crippen molar-refractivity contribution in [1.82, 2.24) is 30.0 Å². The molecule has 1 saturated carbocycles. The number of aromatic nitrogens is 6. The Bertz CT molecular complexity index is 378.